The largest absolute Gasteiger partial charge is 0.504 e. The van der Waals surface area contributed by atoms with E-state index in [-0.39, 0.29) is 41.6 Å². The van der Waals surface area contributed by atoms with Crippen molar-refractivity contribution in [2.24, 2.45) is 0 Å². The van der Waals surface area contributed by atoms with Gasteiger partial charge in [-0.3, -0.25) is 9.59 Å². The number of hydrogen-bond acceptors (Lipinski definition) is 12. The lowest BCUT2D eigenvalue weighted by Gasteiger charge is -2.14. The van der Waals surface area contributed by atoms with Gasteiger partial charge in [-0.25, -0.2) is 9.59 Å². The van der Waals surface area contributed by atoms with E-state index < -0.39 is 11.9 Å². The van der Waals surface area contributed by atoms with Crippen LogP contribution >= 0.6 is 0 Å². The molecule has 0 aliphatic carbocycles. The van der Waals surface area contributed by atoms with Gasteiger partial charge in [0.2, 0.25) is 5.76 Å². The second-order valence-electron chi connectivity index (χ2n) is 16.9. The molecule has 0 aliphatic heterocycles. The molecule has 0 amide bonds. The summed E-state index contributed by atoms with van der Waals surface area (Å²) in [6, 6.07) is 9.84. The Morgan fingerprint density at radius 3 is 1.33 bits per heavy atom. The van der Waals surface area contributed by atoms with Crippen molar-refractivity contribution in [1.29, 1.82) is 0 Å². The number of unbranched alkanes of at least 4 members (excludes halogenated alkanes) is 24. The summed E-state index contributed by atoms with van der Waals surface area (Å²) in [5.74, 6) is -0.508. The molecule has 370 valence electrons. The van der Waals surface area contributed by atoms with Crippen molar-refractivity contribution in [1.82, 2.24) is 0 Å². The van der Waals surface area contributed by atoms with E-state index in [1.165, 1.54) is 143 Å². The lowest BCUT2D eigenvalue weighted by molar-refractivity contribution is -0.142. The Kier molecular flexibility index (Phi) is 33.0. The van der Waals surface area contributed by atoms with Crippen LogP contribution < -0.4 is 14.2 Å². The van der Waals surface area contributed by atoms with Crippen LogP contribution in [0.15, 0.2) is 48.2 Å². The fourth-order valence-corrected chi connectivity index (χ4v) is 7.51. The molecule has 0 saturated heterocycles. The molecule has 0 saturated carbocycles. The molecule has 0 fully saturated rings. The van der Waals surface area contributed by atoms with Crippen LogP contribution in [0, 0.1) is 0 Å². The number of esters is 4. The molecule has 0 atom stereocenters. The lowest BCUT2D eigenvalue weighted by Crippen LogP contribution is -2.14. The highest BCUT2D eigenvalue weighted by Crippen LogP contribution is 2.32. The number of benzene rings is 2. The predicted octanol–water partition coefficient (Wildman–Crippen LogP) is 13.2. The first-order valence-corrected chi connectivity index (χ1v) is 24.8. The highest BCUT2D eigenvalue weighted by molar-refractivity contribution is 5.92. The number of ether oxygens (including phenoxy) is 7. The Bertz CT molecular complexity index is 1700. The van der Waals surface area contributed by atoms with Crippen LogP contribution in [0.1, 0.15) is 191 Å². The van der Waals surface area contributed by atoms with Gasteiger partial charge in [0.15, 0.2) is 23.0 Å². The molecule has 2 rings (SSSR count). The summed E-state index contributed by atoms with van der Waals surface area (Å²) in [5, 5.41) is 10.1. The summed E-state index contributed by atoms with van der Waals surface area (Å²) >= 11 is 0. The van der Waals surface area contributed by atoms with Crippen LogP contribution in [0.3, 0.4) is 0 Å². The van der Waals surface area contributed by atoms with Gasteiger partial charge in [-0.05, 0) is 73.2 Å². The van der Waals surface area contributed by atoms with Crippen LogP contribution in [0.4, 0.5) is 0 Å². The van der Waals surface area contributed by atoms with E-state index in [9.17, 15) is 24.3 Å². The summed E-state index contributed by atoms with van der Waals surface area (Å²) in [5.41, 5.74) is 1.24. The van der Waals surface area contributed by atoms with E-state index in [2.05, 4.69) is 9.47 Å². The standard InChI is InChI=1S/C54H82O12/c1-60-48-42-45(33-36-46(48)55)43-50(54(59)65-40-30-26-22-18-14-10-6-8-12-16-20-24-28-32-52(57)63-4)66-47-37-34-44(41-49(47)61-2)35-38-53(58)64-39-29-25-21-17-13-9-5-7-11-15-19-23-27-31-51(56)62-3/h33-38,41-43,55H,5-32,39-40H2,1-4H3/b38-35+,50-43-. The molecule has 0 aliphatic rings. The highest BCUT2D eigenvalue weighted by Gasteiger charge is 2.18. The average molecular weight is 923 g/mol. The van der Waals surface area contributed by atoms with Crippen molar-refractivity contribution in [2.75, 3.05) is 41.7 Å². The Balaban J connectivity index is 1.73. The fraction of sp³-hybridized carbons (Fsp3) is 0.630. The van der Waals surface area contributed by atoms with Gasteiger partial charge in [0.25, 0.3) is 0 Å². The van der Waals surface area contributed by atoms with Crippen LogP contribution in [-0.4, -0.2) is 70.6 Å². The topological polar surface area (TPSA) is 153 Å². The quantitative estimate of drug-likeness (QED) is 0.0222. The minimum absolute atomic E-state index is 0.0308. The number of methoxy groups -OCH3 is 4. The summed E-state index contributed by atoms with van der Waals surface area (Å²) in [6.07, 6.45) is 35.0. The van der Waals surface area contributed by atoms with Gasteiger partial charge in [-0.2, -0.15) is 0 Å². The molecular formula is C54H82O12. The van der Waals surface area contributed by atoms with Gasteiger partial charge in [0, 0.05) is 18.9 Å². The molecule has 0 spiro atoms. The van der Waals surface area contributed by atoms with Crippen LogP contribution in [-0.2, 0) is 38.1 Å². The summed E-state index contributed by atoms with van der Waals surface area (Å²) < 4.78 is 37.5. The van der Waals surface area contributed by atoms with E-state index in [0.717, 1.165) is 70.6 Å². The van der Waals surface area contributed by atoms with Crippen LogP contribution in [0.25, 0.3) is 12.2 Å². The maximum absolute atomic E-state index is 13.4. The first-order valence-electron chi connectivity index (χ1n) is 24.8. The number of carbonyl (C=O) groups is 4. The van der Waals surface area contributed by atoms with Crippen molar-refractivity contribution < 1.29 is 57.4 Å². The Morgan fingerprint density at radius 1 is 0.470 bits per heavy atom. The number of phenolic OH excluding ortho intramolecular Hbond substituents is 1. The Morgan fingerprint density at radius 2 is 0.879 bits per heavy atom. The number of rotatable bonds is 40. The van der Waals surface area contributed by atoms with Gasteiger partial charge in [-0.1, -0.05) is 153 Å². The number of carbonyl (C=O) groups excluding carboxylic acids is 4. The molecule has 12 nitrogen and oxygen atoms in total. The van der Waals surface area contributed by atoms with Crippen molar-refractivity contribution in [2.45, 2.75) is 180 Å². The van der Waals surface area contributed by atoms with Gasteiger partial charge >= 0.3 is 23.9 Å². The zero-order valence-electron chi connectivity index (χ0n) is 40.8. The third-order valence-electron chi connectivity index (χ3n) is 11.5. The van der Waals surface area contributed by atoms with Gasteiger partial charge in [0.05, 0.1) is 41.7 Å². The minimum atomic E-state index is -0.636. The molecular weight excluding hydrogens is 841 g/mol. The number of hydrogen-bond donors (Lipinski definition) is 1. The summed E-state index contributed by atoms with van der Waals surface area (Å²) in [7, 11) is 5.82. The number of phenols is 1. The van der Waals surface area contributed by atoms with Gasteiger partial charge < -0.3 is 38.3 Å². The van der Waals surface area contributed by atoms with E-state index >= 15 is 0 Å². The first kappa shape index (κ1) is 57.1. The molecule has 0 radical (unpaired) electrons. The van der Waals surface area contributed by atoms with Crippen molar-refractivity contribution in [3.05, 3.63) is 59.4 Å². The Labute approximate surface area is 396 Å². The van der Waals surface area contributed by atoms with E-state index in [1.807, 2.05) is 0 Å². The summed E-state index contributed by atoms with van der Waals surface area (Å²) in [6.45, 7) is 0.627. The minimum Gasteiger partial charge on any atom is -0.504 e. The molecule has 12 heteroatoms. The van der Waals surface area contributed by atoms with Crippen LogP contribution in [0.2, 0.25) is 0 Å². The maximum atomic E-state index is 13.4. The summed E-state index contributed by atoms with van der Waals surface area (Å²) in [4.78, 5) is 48.2. The first-order chi connectivity index (χ1) is 32.2. The highest BCUT2D eigenvalue weighted by atomic mass is 16.6. The third kappa shape index (κ3) is 28.1. The molecule has 66 heavy (non-hydrogen) atoms. The van der Waals surface area contributed by atoms with Gasteiger partial charge in [0.1, 0.15) is 0 Å². The monoisotopic (exact) mass is 923 g/mol. The molecule has 2 aromatic rings. The molecule has 1 N–H and O–H groups in total. The van der Waals surface area contributed by atoms with E-state index in [4.69, 9.17) is 23.7 Å². The molecule has 0 bridgehead atoms. The SMILES string of the molecule is COC(=O)CCCCCCCCCCCCCCCOC(=O)/C=C/c1ccc(O/C(=C\c2ccc(O)c(OC)c2)C(=O)OCCCCCCCCCCCCCCCC(=O)OC)c(OC)c1. The van der Waals surface area contributed by atoms with Crippen molar-refractivity contribution >= 4 is 36.0 Å². The second kappa shape index (κ2) is 38.1. The Hall–Kier alpha value is -5.00. The van der Waals surface area contributed by atoms with Gasteiger partial charge in [-0.15, -0.1) is 0 Å². The van der Waals surface area contributed by atoms with E-state index in [0.29, 0.717) is 36.3 Å². The smallest absolute Gasteiger partial charge is 0.374 e. The molecule has 0 unspecified atom stereocenters. The molecule has 0 aromatic heterocycles. The van der Waals surface area contributed by atoms with Crippen molar-refractivity contribution in [3.8, 4) is 23.0 Å². The molecule has 2 aromatic carbocycles. The van der Waals surface area contributed by atoms with Crippen molar-refractivity contribution in [3.63, 3.8) is 0 Å². The van der Waals surface area contributed by atoms with Crippen LogP contribution in [0.5, 0.6) is 23.0 Å². The zero-order chi connectivity index (χ0) is 47.9. The lowest BCUT2D eigenvalue weighted by atomic mass is 10.0. The molecule has 0 heterocycles. The third-order valence-corrected chi connectivity index (χ3v) is 11.5. The number of aromatic hydroxyl groups is 1. The maximum Gasteiger partial charge on any atom is 0.374 e. The predicted molar refractivity (Wildman–Crippen MR) is 261 cm³/mol. The normalized spacial score (nSPS) is 11.4. The van der Waals surface area contributed by atoms with E-state index in [1.54, 1.807) is 36.4 Å². The zero-order valence-corrected chi connectivity index (χ0v) is 40.8. The average Bonchev–Trinajstić information content (AvgIpc) is 3.33. The fourth-order valence-electron chi connectivity index (χ4n) is 7.51. The second-order valence-corrected chi connectivity index (χ2v) is 16.9.